The summed E-state index contributed by atoms with van der Waals surface area (Å²) in [6.07, 6.45) is 11.8. The molecule has 0 bridgehead atoms. The van der Waals surface area contributed by atoms with Crippen LogP contribution in [0, 0.1) is 56.7 Å². The summed E-state index contributed by atoms with van der Waals surface area (Å²) < 4.78 is 11.6. The normalized spacial score (nSPS) is 50.4. The summed E-state index contributed by atoms with van der Waals surface area (Å²) in [5.41, 5.74) is 1.13. The molecule has 5 nitrogen and oxygen atoms in total. The third kappa shape index (κ3) is 3.94. The Hall–Kier alpha value is -1.65. The van der Waals surface area contributed by atoms with Crippen LogP contribution in [-0.2, 0) is 23.9 Å². The number of hydrogen-bond acceptors (Lipinski definition) is 5. The van der Waals surface area contributed by atoms with Gasteiger partial charge in [-0.1, -0.05) is 39.8 Å². The SMILES string of the molecule is C=C(C)[C@@H]1CC[C@]2(C=O)CC[C@]3(C)C(CC[C@@H]4[C@@]5(C)CCC(OC(C)=O)C(C)(COC(C)=O)[C@@H]5CC[C@]43C)[C@@H]12. The van der Waals surface area contributed by atoms with E-state index >= 15 is 0 Å². The topological polar surface area (TPSA) is 69.7 Å². The fraction of sp³-hybridized carbons (Fsp3) is 0.853. The van der Waals surface area contributed by atoms with Crippen molar-refractivity contribution in [2.75, 3.05) is 6.61 Å². The minimum atomic E-state index is -0.404. The number of allylic oxidation sites excluding steroid dienone is 1. The smallest absolute Gasteiger partial charge is 0.302 e. The third-order valence-electron chi connectivity index (χ3n) is 14.0. The summed E-state index contributed by atoms with van der Waals surface area (Å²) >= 11 is 0. The van der Waals surface area contributed by atoms with Crippen LogP contribution in [0.4, 0.5) is 0 Å². The van der Waals surface area contributed by atoms with Gasteiger partial charge in [-0.05, 0) is 117 Å². The van der Waals surface area contributed by atoms with Crippen molar-refractivity contribution < 1.29 is 23.9 Å². The lowest BCUT2D eigenvalue weighted by Gasteiger charge is -2.72. The largest absolute Gasteiger partial charge is 0.465 e. The molecule has 0 radical (unpaired) electrons. The minimum Gasteiger partial charge on any atom is -0.465 e. The quantitative estimate of drug-likeness (QED) is 0.208. The van der Waals surface area contributed by atoms with E-state index in [0.29, 0.717) is 36.2 Å². The van der Waals surface area contributed by atoms with E-state index in [-0.39, 0.29) is 39.7 Å². The Bertz CT molecular complexity index is 1050. The number of hydrogen-bond donors (Lipinski definition) is 0. The highest BCUT2D eigenvalue weighted by Gasteiger charge is 2.71. The van der Waals surface area contributed by atoms with E-state index in [2.05, 4.69) is 41.2 Å². The van der Waals surface area contributed by atoms with Crippen molar-refractivity contribution in [2.45, 2.75) is 119 Å². The zero-order valence-electron chi connectivity index (χ0n) is 25.6. The highest BCUT2D eigenvalue weighted by atomic mass is 16.6. The molecule has 218 valence electrons. The fourth-order valence-corrected chi connectivity index (χ4v) is 12.0. The molecule has 5 saturated carbocycles. The molecule has 0 aliphatic heterocycles. The lowest BCUT2D eigenvalue weighted by Crippen LogP contribution is -2.67. The maximum atomic E-state index is 12.7. The van der Waals surface area contributed by atoms with Crippen molar-refractivity contribution in [3.8, 4) is 0 Å². The Balaban J connectivity index is 1.52. The van der Waals surface area contributed by atoms with Gasteiger partial charge in [0.1, 0.15) is 19.0 Å². The first-order valence-corrected chi connectivity index (χ1v) is 15.6. The summed E-state index contributed by atoms with van der Waals surface area (Å²) in [6, 6.07) is 0. The maximum Gasteiger partial charge on any atom is 0.302 e. The summed E-state index contributed by atoms with van der Waals surface area (Å²) in [5.74, 6) is 1.76. The lowest BCUT2D eigenvalue weighted by molar-refractivity contribution is -0.255. The van der Waals surface area contributed by atoms with Gasteiger partial charge in [0.25, 0.3) is 0 Å². The van der Waals surface area contributed by atoms with Crippen molar-refractivity contribution in [2.24, 2.45) is 56.7 Å². The van der Waals surface area contributed by atoms with Crippen LogP contribution in [0.1, 0.15) is 113 Å². The number of carbonyl (C=O) groups excluding carboxylic acids is 3. The molecule has 11 atom stereocenters. The van der Waals surface area contributed by atoms with Crippen LogP contribution in [0.15, 0.2) is 12.2 Å². The van der Waals surface area contributed by atoms with Crippen LogP contribution in [-0.4, -0.2) is 30.9 Å². The summed E-state index contributed by atoms with van der Waals surface area (Å²) in [7, 11) is 0. The first kappa shape index (κ1) is 28.9. The molecule has 0 aromatic heterocycles. The van der Waals surface area contributed by atoms with Gasteiger partial charge in [0.15, 0.2) is 0 Å². The molecule has 5 aliphatic carbocycles. The van der Waals surface area contributed by atoms with Gasteiger partial charge in [0.05, 0.1) is 0 Å². The molecule has 5 fully saturated rings. The Labute approximate surface area is 236 Å². The van der Waals surface area contributed by atoms with Crippen molar-refractivity contribution in [1.29, 1.82) is 0 Å². The molecule has 0 spiro atoms. The van der Waals surface area contributed by atoms with Crippen molar-refractivity contribution in [3.63, 3.8) is 0 Å². The highest BCUT2D eigenvalue weighted by Crippen LogP contribution is 2.77. The second-order valence-corrected chi connectivity index (χ2v) is 15.5. The standard InChI is InChI=1S/C34H52O5/c1-21(2)24-11-16-34(19-35)18-17-32(7)25(29(24)34)9-10-27-30(5)14-13-28(39-23(4)37)31(6,20-38-22(3)36)26(30)12-15-33(27,32)8/h19,24-29H,1,9-18,20H2,2-8H3/t24-,25?,26+,27+,28?,29+,30-,31?,32+,33+,34+/m0/s1. The van der Waals surface area contributed by atoms with Gasteiger partial charge >= 0.3 is 11.9 Å². The molecular weight excluding hydrogens is 488 g/mol. The first-order valence-electron chi connectivity index (χ1n) is 15.6. The van der Waals surface area contributed by atoms with Crippen molar-refractivity contribution in [3.05, 3.63) is 12.2 Å². The lowest BCUT2D eigenvalue weighted by atomic mass is 9.32. The van der Waals surface area contributed by atoms with Crippen LogP contribution in [0.2, 0.25) is 0 Å². The van der Waals surface area contributed by atoms with Gasteiger partial charge in [-0.15, -0.1) is 0 Å². The molecule has 0 aromatic carbocycles. The number of ether oxygens (including phenoxy) is 2. The van der Waals surface area contributed by atoms with Crippen molar-refractivity contribution >= 4 is 18.2 Å². The molecule has 0 amide bonds. The van der Waals surface area contributed by atoms with Gasteiger partial charge in [-0.3, -0.25) is 9.59 Å². The number of carbonyl (C=O) groups is 3. The molecule has 0 aromatic rings. The Kier molecular flexibility index (Phi) is 6.99. The van der Waals surface area contributed by atoms with E-state index < -0.39 is 5.41 Å². The predicted octanol–water partition coefficient (Wildman–Crippen LogP) is 7.32. The van der Waals surface area contributed by atoms with E-state index in [1.54, 1.807) is 0 Å². The summed E-state index contributed by atoms with van der Waals surface area (Å²) in [6.45, 7) is 19.7. The van der Waals surface area contributed by atoms with E-state index in [0.717, 1.165) is 51.4 Å². The number of fused-ring (bicyclic) bond motifs is 7. The fourth-order valence-electron chi connectivity index (χ4n) is 12.0. The predicted molar refractivity (Wildman–Crippen MR) is 152 cm³/mol. The van der Waals surface area contributed by atoms with E-state index in [1.807, 2.05) is 0 Å². The third-order valence-corrected chi connectivity index (χ3v) is 14.0. The average Bonchev–Trinajstić information content (AvgIpc) is 3.25. The Morgan fingerprint density at radius 2 is 1.54 bits per heavy atom. The second-order valence-electron chi connectivity index (χ2n) is 15.5. The number of esters is 2. The highest BCUT2D eigenvalue weighted by molar-refractivity contribution is 5.67. The van der Waals surface area contributed by atoms with Crippen LogP contribution < -0.4 is 0 Å². The molecule has 3 unspecified atom stereocenters. The molecule has 5 heteroatoms. The molecule has 5 aliphatic rings. The van der Waals surface area contributed by atoms with Gasteiger partial charge in [-0.2, -0.15) is 0 Å². The summed E-state index contributed by atoms with van der Waals surface area (Å²) in [4.78, 5) is 36.7. The molecule has 0 saturated heterocycles. The molecule has 5 rings (SSSR count). The number of rotatable bonds is 5. The van der Waals surface area contributed by atoms with Crippen LogP contribution >= 0.6 is 0 Å². The first-order chi connectivity index (χ1) is 18.2. The van der Waals surface area contributed by atoms with Gasteiger partial charge in [0.2, 0.25) is 0 Å². The van der Waals surface area contributed by atoms with Gasteiger partial charge < -0.3 is 14.3 Å². The monoisotopic (exact) mass is 540 g/mol. The second kappa shape index (κ2) is 9.44. The van der Waals surface area contributed by atoms with E-state index in [4.69, 9.17) is 9.47 Å². The van der Waals surface area contributed by atoms with E-state index in [1.165, 1.54) is 38.5 Å². The van der Waals surface area contributed by atoms with Gasteiger partial charge in [0, 0.05) is 24.7 Å². The zero-order valence-corrected chi connectivity index (χ0v) is 25.6. The van der Waals surface area contributed by atoms with Crippen LogP contribution in [0.25, 0.3) is 0 Å². The van der Waals surface area contributed by atoms with E-state index in [9.17, 15) is 14.4 Å². The molecular formula is C34H52O5. The number of aldehydes is 1. The van der Waals surface area contributed by atoms with Crippen LogP contribution in [0.3, 0.4) is 0 Å². The molecule has 0 N–H and O–H groups in total. The minimum absolute atomic E-state index is 0.0785. The Morgan fingerprint density at radius 1 is 0.821 bits per heavy atom. The summed E-state index contributed by atoms with van der Waals surface area (Å²) in [5, 5.41) is 0. The van der Waals surface area contributed by atoms with Gasteiger partial charge in [-0.25, -0.2) is 0 Å². The maximum absolute atomic E-state index is 12.7. The molecule has 39 heavy (non-hydrogen) atoms. The van der Waals surface area contributed by atoms with Crippen LogP contribution in [0.5, 0.6) is 0 Å². The zero-order chi connectivity index (χ0) is 28.6. The average molecular weight is 541 g/mol. The Morgan fingerprint density at radius 3 is 2.15 bits per heavy atom. The molecule has 0 heterocycles. The van der Waals surface area contributed by atoms with Crippen molar-refractivity contribution in [1.82, 2.24) is 0 Å².